The van der Waals surface area contributed by atoms with Gasteiger partial charge < -0.3 is 10.2 Å². The van der Waals surface area contributed by atoms with Crippen molar-refractivity contribution >= 4 is 35.3 Å². The van der Waals surface area contributed by atoms with E-state index < -0.39 is 0 Å². The first kappa shape index (κ1) is 20.2. The molecule has 0 spiro atoms. The molecule has 0 saturated heterocycles. The zero-order chi connectivity index (χ0) is 18.4. The van der Waals surface area contributed by atoms with E-state index in [1.54, 1.807) is 23.5 Å². The van der Waals surface area contributed by atoms with Gasteiger partial charge in [0.1, 0.15) is 0 Å². The van der Waals surface area contributed by atoms with Gasteiger partial charge >= 0.3 is 0 Å². The molecular weight excluding hydrogens is 352 g/mol. The van der Waals surface area contributed by atoms with Crippen LogP contribution in [0, 0.1) is 0 Å². The first-order valence-corrected chi connectivity index (χ1v) is 11.2. The van der Waals surface area contributed by atoms with Gasteiger partial charge in [-0.3, -0.25) is 9.59 Å². The molecule has 2 rings (SSSR count). The van der Waals surface area contributed by atoms with Crippen molar-refractivity contribution in [3.8, 4) is 0 Å². The highest BCUT2D eigenvalue weighted by molar-refractivity contribution is 7.99. The average Bonchev–Trinajstić information content (AvgIpc) is 3.03. The summed E-state index contributed by atoms with van der Waals surface area (Å²) >= 11 is 3.42. The summed E-state index contributed by atoms with van der Waals surface area (Å²) in [5.41, 5.74) is 3.52. The number of fused-ring (bicyclic) bond motifs is 1. The number of benzene rings is 1. The Balaban J connectivity index is 1.89. The summed E-state index contributed by atoms with van der Waals surface area (Å²) in [6, 6.07) is 6.27. The Morgan fingerprint density at radius 1 is 1.08 bits per heavy atom. The molecule has 1 heterocycles. The number of hydrogen-bond donors (Lipinski definition) is 1. The first-order chi connectivity index (χ1) is 11.9. The van der Waals surface area contributed by atoms with Gasteiger partial charge in [-0.1, -0.05) is 32.0 Å². The van der Waals surface area contributed by atoms with Gasteiger partial charge in [0.25, 0.3) is 0 Å². The first-order valence-electron chi connectivity index (χ1n) is 8.63. The zero-order valence-corrected chi connectivity index (χ0v) is 17.1. The highest BCUT2D eigenvalue weighted by Crippen LogP contribution is 2.25. The number of hydrogen-bond acceptors (Lipinski definition) is 4. The minimum atomic E-state index is 0.0882. The molecule has 0 unspecified atom stereocenters. The van der Waals surface area contributed by atoms with Gasteiger partial charge in [0.05, 0.1) is 0 Å². The van der Waals surface area contributed by atoms with Crippen LogP contribution in [0.25, 0.3) is 0 Å². The van der Waals surface area contributed by atoms with Crippen LogP contribution in [-0.2, 0) is 29.2 Å². The van der Waals surface area contributed by atoms with Crippen LogP contribution in [0.4, 0.5) is 0 Å². The fraction of sp³-hybridized carbons (Fsp3) is 0.579. The summed E-state index contributed by atoms with van der Waals surface area (Å²) in [4.78, 5) is 26.2. The number of carbonyl (C=O) groups excluding carboxylic acids is 2. The number of rotatable bonds is 8. The van der Waals surface area contributed by atoms with Crippen molar-refractivity contribution in [1.29, 1.82) is 0 Å². The molecular formula is C19H28N2O2S2. The van der Waals surface area contributed by atoms with Crippen molar-refractivity contribution in [1.82, 2.24) is 10.2 Å². The molecule has 1 aliphatic rings. The van der Waals surface area contributed by atoms with Crippen LogP contribution < -0.4 is 5.32 Å². The fourth-order valence-corrected chi connectivity index (χ4v) is 3.44. The van der Waals surface area contributed by atoms with E-state index in [-0.39, 0.29) is 11.8 Å². The van der Waals surface area contributed by atoms with Crippen LogP contribution in [0.1, 0.15) is 43.4 Å². The van der Waals surface area contributed by atoms with Crippen molar-refractivity contribution in [3.05, 3.63) is 34.9 Å². The van der Waals surface area contributed by atoms with Gasteiger partial charge in [-0.15, -0.1) is 0 Å². The summed E-state index contributed by atoms with van der Waals surface area (Å²) < 4.78 is 0. The lowest BCUT2D eigenvalue weighted by Gasteiger charge is -2.17. The van der Waals surface area contributed by atoms with Crippen molar-refractivity contribution in [2.45, 2.75) is 56.8 Å². The quantitative estimate of drug-likeness (QED) is 0.751. The van der Waals surface area contributed by atoms with Crippen LogP contribution in [0.2, 0.25) is 0 Å². The second-order valence-electron chi connectivity index (χ2n) is 6.63. The van der Waals surface area contributed by atoms with E-state index in [4.69, 9.17) is 0 Å². The van der Waals surface area contributed by atoms with Crippen molar-refractivity contribution < 1.29 is 9.59 Å². The Hall–Kier alpha value is -1.14. The van der Waals surface area contributed by atoms with Gasteiger partial charge in [-0.05, 0) is 29.2 Å². The molecule has 0 fully saturated rings. The maximum atomic E-state index is 12.4. The number of nitrogens with zero attached hydrogens (tertiary/aromatic N) is 1. The Bertz CT molecular complexity index is 621. The molecule has 0 saturated carbocycles. The molecule has 0 aliphatic carbocycles. The number of carbonyl (C=O) groups is 2. The van der Waals surface area contributed by atoms with E-state index in [0.717, 1.165) is 5.56 Å². The molecule has 0 aromatic heterocycles. The SMILES string of the molecule is CS[C@H](C)CC(=O)N1Cc2ccc(CNC(=O)C[C@H](C)SC)cc2C1. The second-order valence-corrected chi connectivity index (χ2v) is 9.18. The lowest BCUT2D eigenvalue weighted by Crippen LogP contribution is -2.27. The summed E-state index contributed by atoms with van der Waals surface area (Å²) in [6.07, 6.45) is 5.19. The normalized spacial score (nSPS) is 15.6. The highest BCUT2D eigenvalue weighted by Gasteiger charge is 2.24. The third-order valence-corrected chi connectivity index (χ3v) is 6.52. The number of amides is 2. The van der Waals surface area contributed by atoms with Crippen LogP contribution >= 0.6 is 23.5 Å². The van der Waals surface area contributed by atoms with Gasteiger partial charge in [0.2, 0.25) is 11.8 Å². The topological polar surface area (TPSA) is 49.4 Å². The summed E-state index contributed by atoms with van der Waals surface area (Å²) in [5.74, 6) is 0.309. The molecule has 1 aromatic carbocycles. The molecule has 0 bridgehead atoms. The van der Waals surface area contributed by atoms with Crippen LogP contribution in [0.5, 0.6) is 0 Å². The molecule has 2 atom stereocenters. The van der Waals surface area contributed by atoms with E-state index in [1.807, 2.05) is 17.4 Å². The van der Waals surface area contributed by atoms with Crippen LogP contribution in [-0.4, -0.2) is 39.7 Å². The Kier molecular flexibility index (Phi) is 7.69. The van der Waals surface area contributed by atoms with Gasteiger partial charge in [-0.2, -0.15) is 23.5 Å². The Morgan fingerprint density at radius 2 is 1.72 bits per heavy atom. The lowest BCUT2D eigenvalue weighted by atomic mass is 10.1. The van der Waals surface area contributed by atoms with Crippen LogP contribution in [0.3, 0.4) is 0 Å². The second kappa shape index (κ2) is 9.53. The molecule has 1 aliphatic heterocycles. The fourth-order valence-electron chi connectivity index (χ4n) is 2.81. The van der Waals surface area contributed by atoms with E-state index in [2.05, 4.69) is 37.4 Å². The van der Waals surface area contributed by atoms with Crippen molar-refractivity contribution in [2.24, 2.45) is 0 Å². The monoisotopic (exact) mass is 380 g/mol. The predicted octanol–water partition coefficient (Wildman–Crippen LogP) is 3.43. The molecule has 1 N–H and O–H groups in total. The van der Waals surface area contributed by atoms with Gasteiger partial charge in [-0.25, -0.2) is 0 Å². The summed E-state index contributed by atoms with van der Waals surface area (Å²) in [6.45, 7) is 6.08. The molecule has 138 valence electrons. The smallest absolute Gasteiger partial charge is 0.224 e. The predicted molar refractivity (Wildman–Crippen MR) is 108 cm³/mol. The summed E-state index contributed by atoms with van der Waals surface area (Å²) in [7, 11) is 0. The average molecular weight is 381 g/mol. The summed E-state index contributed by atoms with van der Waals surface area (Å²) in [5, 5.41) is 3.68. The molecule has 1 aromatic rings. The van der Waals surface area contributed by atoms with E-state index in [1.165, 1.54) is 11.1 Å². The standard InChI is InChI=1S/C19H28N2O2S2/c1-13(24-3)7-18(22)20-10-15-5-6-16-11-21(12-17(16)9-15)19(23)8-14(2)25-4/h5-6,9,13-14H,7-8,10-12H2,1-4H3,(H,20,22)/t13-,14+/m0/s1. The van der Waals surface area contributed by atoms with E-state index in [9.17, 15) is 9.59 Å². The third-order valence-electron chi connectivity index (χ3n) is 4.58. The molecule has 4 nitrogen and oxygen atoms in total. The molecule has 2 amide bonds. The highest BCUT2D eigenvalue weighted by atomic mass is 32.2. The Labute approximate surface area is 159 Å². The van der Waals surface area contributed by atoms with Crippen molar-refractivity contribution in [2.75, 3.05) is 12.5 Å². The van der Waals surface area contributed by atoms with E-state index >= 15 is 0 Å². The zero-order valence-electron chi connectivity index (χ0n) is 15.5. The maximum Gasteiger partial charge on any atom is 0.224 e. The minimum Gasteiger partial charge on any atom is -0.352 e. The van der Waals surface area contributed by atoms with Gasteiger partial charge in [0, 0.05) is 43.0 Å². The number of nitrogens with one attached hydrogen (secondary N) is 1. The minimum absolute atomic E-state index is 0.0882. The van der Waals surface area contributed by atoms with Crippen molar-refractivity contribution in [3.63, 3.8) is 0 Å². The molecule has 6 heteroatoms. The van der Waals surface area contributed by atoms with Gasteiger partial charge in [0.15, 0.2) is 0 Å². The van der Waals surface area contributed by atoms with E-state index in [0.29, 0.717) is 43.0 Å². The number of thioether (sulfide) groups is 2. The largest absolute Gasteiger partial charge is 0.352 e. The maximum absolute atomic E-state index is 12.4. The third kappa shape index (κ3) is 5.96. The Morgan fingerprint density at radius 3 is 2.40 bits per heavy atom. The molecule has 25 heavy (non-hydrogen) atoms. The van der Waals surface area contributed by atoms with Crippen LogP contribution in [0.15, 0.2) is 18.2 Å². The lowest BCUT2D eigenvalue weighted by molar-refractivity contribution is -0.131. The molecule has 0 radical (unpaired) electrons.